The fourth-order valence-electron chi connectivity index (χ4n) is 4.98. The van der Waals surface area contributed by atoms with E-state index in [0.717, 1.165) is 0 Å². The van der Waals surface area contributed by atoms with Crippen LogP contribution >= 0.6 is 11.6 Å². The van der Waals surface area contributed by atoms with E-state index >= 15 is 0 Å². The number of nitrogens with one attached hydrogen (secondary N) is 2. The number of halogens is 1. The molecule has 2 heterocycles. The highest BCUT2D eigenvalue weighted by Crippen LogP contribution is 2.55. The smallest absolute Gasteiger partial charge is 0.241 e. The fraction of sp³-hybridized carbons (Fsp3) is 0.217. The summed E-state index contributed by atoms with van der Waals surface area (Å²) in [7, 11) is 0. The van der Waals surface area contributed by atoms with Crippen LogP contribution in [-0.4, -0.2) is 17.5 Å². The number of amidine groups is 1. The first-order valence-corrected chi connectivity index (χ1v) is 10.1. The minimum atomic E-state index is -1.50. The van der Waals surface area contributed by atoms with Crippen LogP contribution in [0.1, 0.15) is 24.8 Å². The molecule has 6 nitrogen and oxygen atoms in total. The number of amides is 1. The van der Waals surface area contributed by atoms with Gasteiger partial charge in [0.05, 0.1) is 6.07 Å². The van der Waals surface area contributed by atoms with Crippen molar-refractivity contribution in [2.24, 2.45) is 5.92 Å². The molecule has 2 aromatic rings. The van der Waals surface area contributed by atoms with Crippen LogP contribution < -0.4 is 10.2 Å². The molecule has 5 rings (SSSR count). The van der Waals surface area contributed by atoms with Crippen molar-refractivity contribution >= 4 is 40.5 Å². The molecule has 2 aliphatic heterocycles. The van der Waals surface area contributed by atoms with E-state index in [2.05, 4.69) is 11.4 Å². The van der Waals surface area contributed by atoms with Gasteiger partial charge in [0.25, 0.3) is 0 Å². The number of ketones is 1. The lowest BCUT2D eigenvalue weighted by Crippen LogP contribution is -2.57. The summed E-state index contributed by atoms with van der Waals surface area (Å²) in [5.41, 5.74) is 1.28. The van der Waals surface area contributed by atoms with Gasteiger partial charge in [-0.1, -0.05) is 29.8 Å². The highest BCUT2D eigenvalue weighted by atomic mass is 35.5. The summed E-state index contributed by atoms with van der Waals surface area (Å²) in [4.78, 5) is 28.4. The Kier molecular flexibility index (Phi) is 4.05. The quantitative estimate of drug-likeness (QED) is 0.728. The molecule has 7 heteroatoms. The molecular formula is C23H17ClN4O2. The molecule has 1 amide bonds. The van der Waals surface area contributed by atoms with Crippen molar-refractivity contribution in [2.45, 2.75) is 24.7 Å². The number of carbonyl (C=O) groups excluding carboxylic acids is 2. The number of hydrogen-bond acceptors (Lipinski definition) is 4. The van der Waals surface area contributed by atoms with E-state index in [1.807, 2.05) is 0 Å². The van der Waals surface area contributed by atoms with E-state index in [1.54, 1.807) is 53.4 Å². The molecule has 2 aromatic carbocycles. The van der Waals surface area contributed by atoms with E-state index in [9.17, 15) is 14.9 Å². The average molecular weight is 417 g/mol. The second kappa shape index (κ2) is 6.54. The molecule has 0 aromatic heterocycles. The number of hydrogen-bond donors (Lipinski definition) is 2. The molecule has 1 spiro atoms. The van der Waals surface area contributed by atoms with Crippen LogP contribution in [0.5, 0.6) is 0 Å². The van der Waals surface area contributed by atoms with Crippen LogP contribution in [-0.2, 0) is 15.0 Å². The van der Waals surface area contributed by atoms with Gasteiger partial charge in [-0.25, -0.2) is 0 Å². The van der Waals surface area contributed by atoms with Gasteiger partial charge in [-0.15, -0.1) is 0 Å². The minimum absolute atomic E-state index is 0.0138. The molecule has 30 heavy (non-hydrogen) atoms. The standard InChI is InChI=1S/C23H17ClN4O2/c24-13-8-10-14(11-9-13)28-18-6-3-7-19(29)20(18)23(16(12-25)21(28)26)15-4-1-2-5-17(15)27-22(23)30/h1-2,4-5,8-11,16,26H,3,6-7H2,(H,27,30). The van der Waals surface area contributed by atoms with Gasteiger partial charge in [-0.05, 0) is 48.7 Å². The number of carbonyl (C=O) groups is 2. The van der Waals surface area contributed by atoms with Crippen LogP contribution in [0.15, 0.2) is 59.8 Å². The number of Topliss-reactive ketones (excluding diaryl/α,β-unsaturated/α-hetero) is 1. The first kappa shape index (κ1) is 18.6. The summed E-state index contributed by atoms with van der Waals surface area (Å²) in [6.45, 7) is 0. The summed E-state index contributed by atoms with van der Waals surface area (Å²) < 4.78 is 0. The van der Waals surface area contributed by atoms with Gasteiger partial charge in [0.15, 0.2) is 5.78 Å². The van der Waals surface area contributed by atoms with E-state index in [1.165, 1.54) is 0 Å². The topological polar surface area (TPSA) is 97.1 Å². The molecule has 0 saturated carbocycles. The zero-order valence-corrected chi connectivity index (χ0v) is 16.7. The van der Waals surface area contributed by atoms with Gasteiger partial charge >= 0.3 is 0 Å². The molecule has 2 N–H and O–H groups in total. The lowest BCUT2D eigenvalue weighted by atomic mass is 9.60. The van der Waals surface area contributed by atoms with Crippen LogP contribution in [0.2, 0.25) is 5.02 Å². The lowest BCUT2D eigenvalue weighted by molar-refractivity contribution is -0.124. The van der Waals surface area contributed by atoms with Crippen molar-refractivity contribution in [3.8, 4) is 6.07 Å². The maximum Gasteiger partial charge on any atom is 0.241 e. The second-order valence-electron chi connectivity index (χ2n) is 7.67. The van der Waals surface area contributed by atoms with Crippen molar-refractivity contribution in [3.05, 3.63) is 70.4 Å². The van der Waals surface area contributed by atoms with E-state index in [-0.39, 0.29) is 11.6 Å². The Labute approximate surface area is 178 Å². The molecule has 0 bridgehead atoms. The predicted molar refractivity (Wildman–Crippen MR) is 113 cm³/mol. The van der Waals surface area contributed by atoms with E-state index < -0.39 is 17.2 Å². The Bertz CT molecular complexity index is 1190. The van der Waals surface area contributed by atoms with Gasteiger partial charge in [-0.2, -0.15) is 5.26 Å². The normalized spacial score (nSPS) is 25.1. The van der Waals surface area contributed by atoms with Gasteiger partial charge in [0.2, 0.25) is 5.91 Å². The third-order valence-electron chi connectivity index (χ3n) is 6.17. The number of nitrogens with zero attached hydrogens (tertiary/aromatic N) is 2. The van der Waals surface area contributed by atoms with Crippen LogP contribution in [0.25, 0.3) is 0 Å². The first-order valence-electron chi connectivity index (χ1n) is 9.71. The first-order chi connectivity index (χ1) is 14.5. The maximum atomic E-state index is 13.4. The molecular weight excluding hydrogens is 400 g/mol. The van der Waals surface area contributed by atoms with E-state index in [0.29, 0.717) is 52.5 Å². The molecule has 3 aliphatic rings. The highest BCUT2D eigenvalue weighted by molar-refractivity contribution is 6.30. The van der Waals surface area contributed by atoms with Gasteiger partial charge < -0.3 is 10.2 Å². The number of benzene rings is 2. The number of anilines is 2. The Morgan fingerprint density at radius 1 is 1.13 bits per heavy atom. The molecule has 1 aliphatic carbocycles. The number of nitriles is 1. The summed E-state index contributed by atoms with van der Waals surface area (Å²) in [6, 6.07) is 16.2. The molecule has 0 saturated heterocycles. The number of rotatable bonds is 1. The number of fused-ring (bicyclic) bond motifs is 3. The van der Waals surface area contributed by atoms with Gasteiger partial charge in [0, 0.05) is 34.1 Å². The van der Waals surface area contributed by atoms with Crippen LogP contribution in [0, 0.1) is 22.7 Å². The van der Waals surface area contributed by atoms with Gasteiger partial charge in [0.1, 0.15) is 17.2 Å². The van der Waals surface area contributed by atoms with Crippen molar-refractivity contribution < 1.29 is 9.59 Å². The van der Waals surface area contributed by atoms with Crippen molar-refractivity contribution in [1.82, 2.24) is 0 Å². The zero-order chi connectivity index (χ0) is 21.0. The molecule has 0 radical (unpaired) electrons. The summed E-state index contributed by atoms with van der Waals surface area (Å²) in [5, 5.41) is 22.5. The summed E-state index contributed by atoms with van der Waals surface area (Å²) in [5.74, 6) is -1.72. The Balaban J connectivity index is 1.86. The van der Waals surface area contributed by atoms with Crippen LogP contribution in [0.3, 0.4) is 0 Å². The third-order valence-corrected chi connectivity index (χ3v) is 6.42. The van der Waals surface area contributed by atoms with E-state index in [4.69, 9.17) is 17.0 Å². The zero-order valence-electron chi connectivity index (χ0n) is 15.9. The third kappa shape index (κ3) is 2.27. The second-order valence-corrected chi connectivity index (χ2v) is 8.10. The highest BCUT2D eigenvalue weighted by Gasteiger charge is 2.63. The molecule has 2 atom stereocenters. The maximum absolute atomic E-state index is 13.4. The van der Waals surface area contributed by atoms with Crippen LogP contribution in [0.4, 0.5) is 11.4 Å². The van der Waals surface area contributed by atoms with Crippen molar-refractivity contribution in [1.29, 1.82) is 10.7 Å². The molecule has 0 fully saturated rings. The largest absolute Gasteiger partial charge is 0.325 e. The molecule has 2 unspecified atom stereocenters. The summed E-state index contributed by atoms with van der Waals surface area (Å²) in [6.07, 6.45) is 1.49. The van der Waals surface area contributed by atoms with Crippen molar-refractivity contribution in [2.75, 3.05) is 10.2 Å². The Morgan fingerprint density at radius 2 is 1.87 bits per heavy atom. The number of allylic oxidation sites excluding steroid dienone is 1. The Morgan fingerprint density at radius 3 is 2.60 bits per heavy atom. The molecule has 148 valence electrons. The predicted octanol–water partition coefficient (Wildman–Crippen LogP) is 4.17. The van der Waals surface area contributed by atoms with Crippen molar-refractivity contribution in [3.63, 3.8) is 0 Å². The Hall–Kier alpha value is -3.43. The lowest BCUT2D eigenvalue weighted by Gasteiger charge is -2.46. The average Bonchev–Trinajstić information content (AvgIpc) is 3.02. The SMILES string of the molecule is N#CC1C(=N)N(c2ccc(Cl)cc2)C2=C(C(=O)CCC2)C12C(=O)Nc1ccccc12. The summed E-state index contributed by atoms with van der Waals surface area (Å²) >= 11 is 6.03. The monoisotopic (exact) mass is 416 g/mol. The minimum Gasteiger partial charge on any atom is -0.325 e. The fourth-order valence-corrected chi connectivity index (χ4v) is 5.11. The number of para-hydroxylation sites is 1. The van der Waals surface area contributed by atoms with Gasteiger partial charge in [-0.3, -0.25) is 15.0 Å².